The Labute approximate surface area is 552 Å². The maximum absolute atomic E-state index is 16.0. The molecule has 0 fully saturated rings. The number of benzene rings is 4. The van der Waals surface area contributed by atoms with Crippen molar-refractivity contribution < 1.29 is 42.5 Å². The maximum atomic E-state index is 16.0. The van der Waals surface area contributed by atoms with E-state index in [0.717, 1.165) is 106 Å². The Hall–Kier alpha value is -7.11. The third-order valence-electron chi connectivity index (χ3n) is 16.6. The van der Waals surface area contributed by atoms with Gasteiger partial charge in [-0.15, -0.1) is 12.4 Å². The van der Waals surface area contributed by atoms with Crippen molar-refractivity contribution in [1.29, 1.82) is 0 Å². The van der Waals surface area contributed by atoms with Crippen molar-refractivity contribution in [2.45, 2.75) is 179 Å². The van der Waals surface area contributed by atoms with Crippen LogP contribution in [0.2, 0.25) is 0 Å². The largest absolute Gasteiger partial charge is 0.480 e. The van der Waals surface area contributed by atoms with Gasteiger partial charge in [-0.2, -0.15) is 0 Å². The molecule has 92 heavy (non-hydrogen) atoms. The lowest BCUT2D eigenvalue weighted by Gasteiger charge is -2.25. The summed E-state index contributed by atoms with van der Waals surface area (Å²) in [6.45, 7) is 29.2. The number of aliphatic carboxylic acids is 1. The molecule has 2 unspecified atom stereocenters. The maximum Gasteiger partial charge on any atom is 0.326 e. The van der Waals surface area contributed by atoms with Crippen molar-refractivity contribution in [3.63, 3.8) is 0 Å². The molecule has 0 bridgehead atoms. The van der Waals surface area contributed by atoms with Gasteiger partial charge in [0.25, 0.3) is 11.1 Å². The topological polar surface area (TPSA) is 183 Å². The van der Waals surface area contributed by atoms with E-state index < -0.39 is 47.8 Å². The first-order chi connectivity index (χ1) is 42.8. The first kappa shape index (κ1) is 79.1. The van der Waals surface area contributed by atoms with Crippen molar-refractivity contribution in [1.82, 2.24) is 18.9 Å². The van der Waals surface area contributed by atoms with Crippen LogP contribution < -0.4 is 16.9 Å². The summed E-state index contributed by atoms with van der Waals surface area (Å²) in [6.07, 6.45) is 7.30. The van der Waals surface area contributed by atoms with Crippen LogP contribution in [0, 0.1) is 78.9 Å². The van der Waals surface area contributed by atoms with E-state index >= 15 is 4.39 Å². The number of carboxylic acid groups (broad SMARTS) is 1. The van der Waals surface area contributed by atoms with Crippen molar-refractivity contribution in [3.05, 3.63) is 184 Å². The average molecular weight is 1290 g/mol. The van der Waals surface area contributed by atoms with Crippen molar-refractivity contribution in [2.75, 3.05) is 54.5 Å². The van der Waals surface area contributed by atoms with E-state index in [2.05, 4.69) is 37.5 Å². The highest BCUT2D eigenvalue weighted by atomic mass is 35.5. The van der Waals surface area contributed by atoms with Gasteiger partial charge in [0.15, 0.2) is 5.78 Å². The summed E-state index contributed by atoms with van der Waals surface area (Å²) < 4.78 is 43.7. The van der Waals surface area contributed by atoms with E-state index in [1.54, 1.807) is 62.7 Å². The van der Waals surface area contributed by atoms with Gasteiger partial charge in [-0.25, -0.2) is 13.6 Å². The number of nitrogens with zero attached hydrogens (tertiary/aromatic N) is 4. The number of esters is 2. The van der Waals surface area contributed by atoms with Crippen LogP contribution >= 0.6 is 12.4 Å². The summed E-state index contributed by atoms with van der Waals surface area (Å²) in [5.41, 5.74) is 19.3. The molecule has 4 atom stereocenters. The van der Waals surface area contributed by atoms with Gasteiger partial charge in [-0.05, 0) is 256 Å². The number of ether oxygens (including phenoxy) is 2. The molecule has 6 rings (SSSR count). The second-order valence-corrected chi connectivity index (χ2v) is 25.8. The fourth-order valence-corrected chi connectivity index (χ4v) is 11.5. The van der Waals surface area contributed by atoms with E-state index in [0.29, 0.717) is 46.9 Å². The van der Waals surface area contributed by atoms with E-state index in [-0.39, 0.29) is 67.6 Å². The first-order valence-corrected chi connectivity index (χ1v) is 32.1. The molecule has 17 heteroatoms. The van der Waals surface area contributed by atoms with Gasteiger partial charge in [0.2, 0.25) is 0 Å². The van der Waals surface area contributed by atoms with Crippen LogP contribution in [0.1, 0.15) is 177 Å². The molecule has 0 spiro atoms. The Bertz CT molecular complexity index is 3530. The molecular formula is C75H104ClF2N5O9. The fraction of sp³-hybridized carbons (Fsp3) is 0.493. The Kier molecular flexibility index (Phi) is 32.3. The molecule has 0 aliphatic carbocycles. The smallest absolute Gasteiger partial charge is 0.326 e. The quantitative estimate of drug-likeness (QED) is 0.0444. The van der Waals surface area contributed by atoms with Crippen molar-refractivity contribution >= 4 is 36.1 Å². The van der Waals surface area contributed by atoms with Gasteiger partial charge in [0.05, 0.1) is 32.1 Å². The second-order valence-electron chi connectivity index (χ2n) is 25.8. The zero-order valence-corrected chi connectivity index (χ0v) is 58.8. The molecule has 0 saturated carbocycles. The van der Waals surface area contributed by atoms with Gasteiger partial charge in [-0.3, -0.25) is 24.0 Å². The molecule has 2 heterocycles. The molecule has 0 radical (unpaired) electrons. The van der Waals surface area contributed by atoms with Crippen LogP contribution in [0.3, 0.4) is 0 Å². The molecule has 504 valence electrons. The minimum absolute atomic E-state index is 0. The van der Waals surface area contributed by atoms with Gasteiger partial charge < -0.3 is 39.2 Å². The average Bonchev–Trinajstić information content (AvgIpc) is 0.811. The second kappa shape index (κ2) is 37.6. The van der Waals surface area contributed by atoms with Gasteiger partial charge >= 0.3 is 17.9 Å². The predicted octanol–water partition coefficient (Wildman–Crippen LogP) is 14.8. The Morgan fingerprint density at radius 2 is 0.913 bits per heavy atom. The Morgan fingerprint density at radius 1 is 0.533 bits per heavy atom. The molecule has 0 aliphatic heterocycles. The molecule has 3 N–H and O–H groups in total. The monoisotopic (exact) mass is 1290 g/mol. The summed E-state index contributed by atoms with van der Waals surface area (Å²) >= 11 is 0. The zero-order valence-electron chi connectivity index (χ0n) is 58.0. The number of carbonyl (C=O) groups is 4. The third-order valence-corrected chi connectivity index (χ3v) is 16.6. The van der Waals surface area contributed by atoms with Crippen LogP contribution in [0.15, 0.2) is 94.8 Å². The zero-order chi connectivity index (χ0) is 68.1. The lowest BCUT2D eigenvalue weighted by atomic mass is 9.84. The van der Waals surface area contributed by atoms with Crippen molar-refractivity contribution in [3.8, 4) is 22.3 Å². The normalized spacial score (nSPS) is 12.5. The molecular weight excluding hydrogens is 1190 g/mol. The lowest BCUT2D eigenvalue weighted by molar-refractivity contribution is -0.144. The number of likely N-dealkylation sites (N-methyl/N-ethyl adjacent to an activating group) is 2. The first-order valence-electron chi connectivity index (χ1n) is 32.1. The summed E-state index contributed by atoms with van der Waals surface area (Å²) in [5.74, 6) is -2.84. The van der Waals surface area contributed by atoms with Crippen LogP contribution in [-0.4, -0.2) is 102 Å². The number of carboxylic acids is 1. The third kappa shape index (κ3) is 23.2. The van der Waals surface area contributed by atoms with Gasteiger partial charge in [0.1, 0.15) is 17.7 Å². The Morgan fingerprint density at radius 3 is 1.30 bits per heavy atom. The van der Waals surface area contributed by atoms with E-state index in [1.165, 1.54) is 4.57 Å². The van der Waals surface area contributed by atoms with Crippen LogP contribution in [-0.2, 0) is 41.5 Å². The summed E-state index contributed by atoms with van der Waals surface area (Å²) in [6, 6.07) is 20.2. The molecule has 0 amide bonds. The van der Waals surface area contributed by atoms with E-state index in [4.69, 9.17) is 15.2 Å². The van der Waals surface area contributed by atoms with Gasteiger partial charge in [0, 0.05) is 61.6 Å². The summed E-state index contributed by atoms with van der Waals surface area (Å²) in [7, 11) is 7.99. The number of rotatable bonds is 28. The minimum Gasteiger partial charge on any atom is -0.480 e. The number of ketones is 1. The standard InChI is InChI=1S/C38H51FN2O4.C20H24FNO2.C17H28N2O3.ClH/c1-10-45-36(44)22-30(32-20-31(18-28(7)38(32)39)37-25(4)12-11-13-26(37)5)21-34(42)33(15-14-24(2)3)41-23-29(16-17-40(8)9)27(6)19-35(41)43;1-5-24-18(23)11-17(22)16-10-15(9-14(4)20(16)21)19-12(2)7-6-8-13(19)3;1-12(2)6-7-15(17(21)22)19-11-14(8-9-18(4)5)13(3)10-16(19)20;/h11-13,18-20,23-24,30,33H,10,14-17,21-22H2,1-9H3;6-10,17H,5,11,22H2,1-4H3;10-12,15H,6-9H2,1-5H3,(H,21,22);1H/t30-,33?;17-;;/m00../s1. The Balaban J connectivity index is 0.000000395. The number of carbonyl (C=O) groups excluding carboxylic acids is 3. The number of halogens is 3. The van der Waals surface area contributed by atoms with Crippen LogP contribution in [0.25, 0.3) is 22.3 Å². The van der Waals surface area contributed by atoms with Crippen LogP contribution in [0.4, 0.5) is 8.78 Å². The molecule has 4 aromatic carbocycles. The highest BCUT2D eigenvalue weighted by Crippen LogP contribution is 2.38. The fourth-order valence-electron chi connectivity index (χ4n) is 11.5. The predicted molar refractivity (Wildman–Crippen MR) is 370 cm³/mol. The number of aromatic nitrogens is 2. The van der Waals surface area contributed by atoms with Crippen LogP contribution in [0.5, 0.6) is 0 Å². The molecule has 0 aliphatic rings. The molecule has 14 nitrogen and oxygen atoms in total. The molecule has 6 aromatic rings. The number of aryl methyl sites for hydroxylation is 8. The lowest BCUT2D eigenvalue weighted by Crippen LogP contribution is -2.32. The number of nitrogens with two attached hydrogens (primary N) is 1. The van der Waals surface area contributed by atoms with E-state index in [9.17, 15) is 38.3 Å². The highest BCUT2D eigenvalue weighted by molar-refractivity contribution is 5.86. The van der Waals surface area contributed by atoms with Gasteiger partial charge in [-0.1, -0.05) is 64.1 Å². The van der Waals surface area contributed by atoms with Crippen molar-refractivity contribution in [2.24, 2.45) is 17.6 Å². The number of pyridine rings is 2. The minimum atomic E-state index is -0.940. The molecule has 0 saturated heterocycles. The molecule has 2 aromatic heterocycles. The number of hydrogen-bond donors (Lipinski definition) is 2. The SMILES string of the molecule is CCOC(=O)C[C@H](CC(=O)C(CCC(C)C)n1cc(CCN(C)C)c(C)cc1=O)c1cc(-c2c(C)cccc2C)cc(C)c1F.CCOC(=O)C[C@H](N)c1cc(-c2c(C)cccc2C)cc(C)c1F.Cc1cc(=O)n(C(CCC(C)C)C(=O)O)cc1CCN(C)C.Cl. The highest BCUT2D eigenvalue weighted by Gasteiger charge is 2.31. The summed E-state index contributed by atoms with van der Waals surface area (Å²) in [5, 5.41) is 9.47. The summed E-state index contributed by atoms with van der Waals surface area (Å²) in [4.78, 5) is 80.1. The van der Waals surface area contributed by atoms with E-state index in [1.807, 2.05) is 124 Å². The number of Topliss-reactive ketones (excluding diaryl/α,β-unsaturated/α-hetero) is 1. The number of hydrogen-bond acceptors (Lipinski definition) is 11.